The van der Waals surface area contributed by atoms with Crippen LogP contribution in [0, 0.1) is 5.92 Å². The minimum atomic E-state index is -0.0167. The summed E-state index contributed by atoms with van der Waals surface area (Å²) < 4.78 is 0.932. The lowest BCUT2D eigenvalue weighted by Crippen LogP contribution is -2.33. The Kier molecular flexibility index (Phi) is 5.20. The number of pyridine rings is 1. The first-order valence-electron chi connectivity index (χ1n) is 9.02. The van der Waals surface area contributed by atoms with Crippen molar-refractivity contribution < 1.29 is 5.11 Å². The molecule has 1 aromatic carbocycles. The second kappa shape index (κ2) is 7.43. The summed E-state index contributed by atoms with van der Waals surface area (Å²) in [6.45, 7) is 2.20. The Morgan fingerprint density at radius 2 is 2.04 bits per heavy atom. The number of fused-ring (bicyclic) bond motifs is 2. The van der Waals surface area contributed by atoms with Gasteiger partial charge in [-0.1, -0.05) is 17.7 Å². The fourth-order valence-electron chi connectivity index (χ4n) is 4.29. The van der Waals surface area contributed by atoms with Crippen molar-refractivity contribution in [1.29, 1.82) is 0 Å². The first-order valence-corrected chi connectivity index (χ1v) is 10.2. The number of halogens is 2. The molecule has 1 N–H and O–H groups in total. The van der Waals surface area contributed by atoms with Crippen LogP contribution in [0.1, 0.15) is 41.1 Å². The van der Waals surface area contributed by atoms with E-state index in [1.54, 1.807) is 0 Å². The number of piperidine rings is 1. The zero-order valence-corrected chi connectivity index (χ0v) is 17.1. The zero-order valence-electron chi connectivity index (χ0n) is 14.8. The van der Waals surface area contributed by atoms with Gasteiger partial charge in [0, 0.05) is 27.2 Å². The molecule has 2 aromatic rings. The largest absolute Gasteiger partial charge is 0.392 e. The number of aromatic nitrogens is 1. The highest BCUT2D eigenvalue weighted by atomic mass is 79.9. The molecule has 26 heavy (non-hydrogen) atoms. The molecule has 2 aliphatic rings. The van der Waals surface area contributed by atoms with Gasteiger partial charge in [0.25, 0.3) is 0 Å². The predicted octanol–water partition coefficient (Wildman–Crippen LogP) is 4.82. The predicted molar refractivity (Wildman–Crippen MR) is 110 cm³/mol. The molecule has 0 amide bonds. The van der Waals surface area contributed by atoms with Crippen LogP contribution in [0.25, 0.3) is 11.6 Å². The number of hydrogen-bond donors (Lipinski definition) is 1. The topological polar surface area (TPSA) is 36.4 Å². The second-order valence-electron chi connectivity index (χ2n) is 7.31. The Morgan fingerprint density at radius 3 is 2.77 bits per heavy atom. The Balaban J connectivity index is 1.92. The van der Waals surface area contributed by atoms with Crippen molar-refractivity contribution >= 4 is 39.2 Å². The van der Waals surface area contributed by atoms with Gasteiger partial charge >= 0.3 is 0 Å². The Morgan fingerprint density at radius 1 is 1.27 bits per heavy atom. The van der Waals surface area contributed by atoms with Crippen molar-refractivity contribution in [2.75, 3.05) is 26.7 Å². The summed E-state index contributed by atoms with van der Waals surface area (Å²) in [7, 11) is 2.19. The van der Waals surface area contributed by atoms with Gasteiger partial charge in [0.2, 0.25) is 0 Å². The molecule has 1 saturated heterocycles. The molecular weight excluding hydrogens is 412 g/mol. The summed E-state index contributed by atoms with van der Waals surface area (Å²) in [5.74, 6) is 0.754. The van der Waals surface area contributed by atoms with E-state index in [1.807, 2.05) is 18.3 Å². The molecule has 1 aromatic heterocycles. The first kappa shape index (κ1) is 18.2. The van der Waals surface area contributed by atoms with Gasteiger partial charge < -0.3 is 10.0 Å². The molecule has 0 saturated carbocycles. The Bertz CT molecular complexity index is 859. The number of aliphatic hydroxyl groups is 1. The van der Waals surface area contributed by atoms with Crippen LogP contribution in [0.2, 0.25) is 5.02 Å². The maximum atomic E-state index is 10.0. The number of nitrogens with zero attached hydrogens (tertiary/aromatic N) is 2. The van der Waals surface area contributed by atoms with E-state index >= 15 is 0 Å². The zero-order chi connectivity index (χ0) is 18.3. The van der Waals surface area contributed by atoms with Crippen LogP contribution in [-0.2, 0) is 0 Å². The second-order valence-corrected chi connectivity index (χ2v) is 8.66. The van der Waals surface area contributed by atoms with Crippen LogP contribution in [0.4, 0.5) is 0 Å². The third-order valence-electron chi connectivity index (χ3n) is 5.64. The van der Waals surface area contributed by atoms with Crippen LogP contribution >= 0.6 is 27.5 Å². The quantitative estimate of drug-likeness (QED) is 0.738. The van der Waals surface area contributed by atoms with E-state index < -0.39 is 0 Å². The molecule has 136 valence electrons. The molecule has 3 nitrogen and oxygen atoms in total. The maximum absolute atomic E-state index is 10.0. The maximum Gasteiger partial charge on any atom is 0.0688 e. The molecular formula is C21H22BrClN2O. The SMILES string of the molecule is CN1CCC(C2c3ccc(Cl)cc3C=C(CO)c3cc(Br)cnc32)CC1. The summed E-state index contributed by atoms with van der Waals surface area (Å²) in [5.41, 5.74) is 5.37. The van der Waals surface area contributed by atoms with Crippen molar-refractivity contribution in [2.24, 2.45) is 5.92 Å². The Hall–Kier alpha value is -1.20. The number of likely N-dealkylation sites (tertiary alicyclic amines) is 1. The highest BCUT2D eigenvalue weighted by Gasteiger charge is 2.34. The van der Waals surface area contributed by atoms with Crippen LogP contribution in [0.15, 0.2) is 34.9 Å². The first-order chi connectivity index (χ1) is 12.6. The summed E-state index contributed by atoms with van der Waals surface area (Å²) in [6.07, 6.45) is 6.24. The number of hydrogen-bond acceptors (Lipinski definition) is 3. The van der Waals surface area contributed by atoms with Crippen molar-refractivity contribution in [2.45, 2.75) is 18.8 Å². The highest BCUT2D eigenvalue weighted by Crippen LogP contribution is 2.44. The lowest BCUT2D eigenvalue weighted by molar-refractivity contribution is 0.206. The van der Waals surface area contributed by atoms with Crippen LogP contribution in [0.5, 0.6) is 0 Å². The lowest BCUT2D eigenvalue weighted by atomic mass is 9.76. The minimum absolute atomic E-state index is 0.0167. The summed E-state index contributed by atoms with van der Waals surface area (Å²) in [5, 5.41) is 10.8. The fourth-order valence-corrected chi connectivity index (χ4v) is 4.80. The standard InChI is InChI=1S/C21H22BrClN2O/c1-25-6-4-13(5-7-25)20-18-3-2-17(23)9-14(18)8-15(12-26)19-10-16(22)11-24-21(19)20/h2-3,8-11,13,20,26H,4-7,12H2,1H3. The summed E-state index contributed by atoms with van der Waals surface area (Å²) in [6, 6.07) is 8.21. The van der Waals surface area contributed by atoms with Crippen molar-refractivity contribution in [3.05, 3.63) is 62.3 Å². The highest BCUT2D eigenvalue weighted by molar-refractivity contribution is 9.10. The molecule has 1 atom stereocenters. The third kappa shape index (κ3) is 3.36. The smallest absolute Gasteiger partial charge is 0.0688 e. The van der Waals surface area contributed by atoms with Gasteiger partial charge in [-0.2, -0.15) is 0 Å². The van der Waals surface area contributed by atoms with Gasteiger partial charge in [-0.05, 0) is 95.8 Å². The average molecular weight is 434 g/mol. The van der Waals surface area contributed by atoms with Gasteiger partial charge in [-0.25, -0.2) is 0 Å². The third-order valence-corrected chi connectivity index (χ3v) is 6.31. The number of rotatable bonds is 2. The van der Waals surface area contributed by atoms with E-state index in [0.717, 1.165) is 57.8 Å². The fraction of sp³-hybridized carbons (Fsp3) is 0.381. The van der Waals surface area contributed by atoms with Crippen LogP contribution < -0.4 is 0 Å². The molecule has 1 aliphatic carbocycles. The molecule has 4 rings (SSSR count). The van der Waals surface area contributed by atoms with Crippen molar-refractivity contribution in [3.63, 3.8) is 0 Å². The van der Waals surface area contributed by atoms with E-state index in [4.69, 9.17) is 16.6 Å². The van der Waals surface area contributed by atoms with Crippen molar-refractivity contribution in [1.82, 2.24) is 9.88 Å². The van der Waals surface area contributed by atoms with E-state index in [1.165, 1.54) is 5.56 Å². The summed E-state index contributed by atoms with van der Waals surface area (Å²) in [4.78, 5) is 7.22. The lowest BCUT2D eigenvalue weighted by Gasteiger charge is -2.35. The molecule has 1 unspecified atom stereocenters. The molecule has 0 radical (unpaired) electrons. The van der Waals surface area contributed by atoms with Crippen molar-refractivity contribution in [3.8, 4) is 0 Å². The molecule has 5 heteroatoms. The monoisotopic (exact) mass is 432 g/mol. The normalized spacial score (nSPS) is 20.9. The van der Waals surface area contributed by atoms with Gasteiger partial charge in [0.05, 0.1) is 12.3 Å². The van der Waals surface area contributed by atoms with E-state index in [2.05, 4.69) is 46.1 Å². The molecule has 1 aliphatic heterocycles. The average Bonchev–Trinajstić information content (AvgIpc) is 2.76. The molecule has 0 bridgehead atoms. The van der Waals surface area contributed by atoms with Gasteiger partial charge in [0.1, 0.15) is 0 Å². The Labute approximate surface area is 167 Å². The molecule has 2 heterocycles. The van der Waals surface area contributed by atoms with Gasteiger partial charge in [0.15, 0.2) is 0 Å². The van der Waals surface area contributed by atoms with Gasteiger partial charge in [-0.15, -0.1) is 0 Å². The number of benzene rings is 1. The van der Waals surface area contributed by atoms with Crippen LogP contribution in [-0.4, -0.2) is 41.7 Å². The molecule has 0 spiro atoms. The van der Waals surface area contributed by atoms with Crippen LogP contribution in [0.3, 0.4) is 0 Å². The van der Waals surface area contributed by atoms with E-state index in [0.29, 0.717) is 5.92 Å². The van der Waals surface area contributed by atoms with Gasteiger partial charge in [-0.3, -0.25) is 4.98 Å². The summed E-state index contributed by atoms with van der Waals surface area (Å²) >= 11 is 9.83. The number of aliphatic hydroxyl groups excluding tert-OH is 1. The minimum Gasteiger partial charge on any atom is -0.392 e. The van der Waals surface area contributed by atoms with E-state index in [9.17, 15) is 5.11 Å². The molecule has 1 fully saturated rings. The van der Waals surface area contributed by atoms with E-state index in [-0.39, 0.29) is 12.5 Å².